The molecular formula is C16H13ClN2O. The van der Waals surface area contributed by atoms with Crippen LogP contribution in [-0.4, -0.2) is 16.1 Å². The van der Waals surface area contributed by atoms with Gasteiger partial charge in [0.25, 0.3) is 0 Å². The summed E-state index contributed by atoms with van der Waals surface area (Å²) in [5.74, 6) is 0. The van der Waals surface area contributed by atoms with E-state index in [-0.39, 0.29) is 0 Å². The van der Waals surface area contributed by atoms with Crippen LogP contribution in [0.25, 0.3) is 22.0 Å². The van der Waals surface area contributed by atoms with Crippen molar-refractivity contribution in [2.45, 2.75) is 6.92 Å². The zero-order valence-corrected chi connectivity index (χ0v) is 12.0. The average Bonchev–Trinajstić information content (AvgIpc) is 2.74. The number of hydrogen-bond acceptors (Lipinski definition) is 2. The van der Waals surface area contributed by atoms with Crippen LogP contribution in [0.4, 0.5) is 0 Å². The molecule has 0 N–H and O–H groups in total. The van der Waals surface area contributed by atoms with Crippen LogP contribution in [0.5, 0.6) is 0 Å². The minimum absolute atomic E-state index is 0.591. The highest BCUT2D eigenvalue weighted by atomic mass is 35.5. The predicted molar refractivity (Wildman–Crippen MR) is 81.3 cm³/mol. The summed E-state index contributed by atoms with van der Waals surface area (Å²) in [6, 6.07) is 11.7. The lowest BCUT2D eigenvalue weighted by atomic mass is 9.98. The Hall–Kier alpha value is -2.13. The molecule has 0 aliphatic rings. The van der Waals surface area contributed by atoms with Crippen molar-refractivity contribution in [2.24, 2.45) is 7.05 Å². The lowest BCUT2D eigenvalue weighted by molar-refractivity contribution is 0.111. The highest BCUT2D eigenvalue weighted by Gasteiger charge is 2.13. The van der Waals surface area contributed by atoms with Gasteiger partial charge in [-0.3, -0.25) is 9.48 Å². The Balaban J connectivity index is 2.34. The van der Waals surface area contributed by atoms with E-state index in [0.29, 0.717) is 10.7 Å². The standard InChI is InChI=1S/C16H13ClN2O/c1-10-8-11(17)6-7-12(10)13-4-3-5-14-15(9-20)19(2)18-16(13)14/h3-9H,1-2H3. The fourth-order valence-corrected chi connectivity index (χ4v) is 2.75. The van der Waals surface area contributed by atoms with Crippen LogP contribution < -0.4 is 0 Å². The molecule has 0 saturated heterocycles. The molecule has 20 heavy (non-hydrogen) atoms. The van der Waals surface area contributed by atoms with Gasteiger partial charge in [-0.15, -0.1) is 0 Å². The number of aryl methyl sites for hydroxylation is 2. The van der Waals surface area contributed by atoms with E-state index >= 15 is 0 Å². The van der Waals surface area contributed by atoms with Crippen molar-refractivity contribution in [1.29, 1.82) is 0 Å². The average molecular weight is 285 g/mol. The third kappa shape index (κ3) is 1.91. The number of carbonyl (C=O) groups excluding carboxylic acids is 1. The minimum atomic E-state index is 0.591. The van der Waals surface area contributed by atoms with Gasteiger partial charge < -0.3 is 0 Å². The molecule has 0 aliphatic heterocycles. The highest BCUT2D eigenvalue weighted by Crippen LogP contribution is 2.32. The fraction of sp³-hybridized carbons (Fsp3) is 0.125. The van der Waals surface area contributed by atoms with E-state index in [0.717, 1.165) is 33.9 Å². The Kier molecular flexibility index (Phi) is 3.07. The minimum Gasteiger partial charge on any atom is -0.296 e. The first kappa shape index (κ1) is 12.9. The smallest absolute Gasteiger partial charge is 0.168 e. The van der Waals surface area contributed by atoms with Gasteiger partial charge in [0.2, 0.25) is 0 Å². The number of nitrogens with zero attached hydrogens (tertiary/aromatic N) is 2. The third-order valence-corrected chi connectivity index (χ3v) is 3.74. The Morgan fingerprint density at radius 2 is 2.00 bits per heavy atom. The Labute approximate surface area is 121 Å². The molecule has 1 aromatic heterocycles. The summed E-state index contributed by atoms with van der Waals surface area (Å²) in [5.41, 5.74) is 4.61. The topological polar surface area (TPSA) is 34.9 Å². The zero-order chi connectivity index (χ0) is 14.3. The van der Waals surface area contributed by atoms with E-state index in [1.165, 1.54) is 0 Å². The molecule has 0 aliphatic carbocycles. The second-order valence-corrected chi connectivity index (χ2v) is 5.22. The number of aldehydes is 1. The van der Waals surface area contributed by atoms with Crippen molar-refractivity contribution < 1.29 is 4.79 Å². The van der Waals surface area contributed by atoms with Gasteiger partial charge in [0.1, 0.15) is 11.2 Å². The third-order valence-electron chi connectivity index (χ3n) is 3.50. The second kappa shape index (κ2) is 4.76. The van der Waals surface area contributed by atoms with Crippen LogP contribution in [0.15, 0.2) is 36.4 Å². The molecule has 0 fully saturated rings. The van der Waals surface area contributed by atoms with Crippen molar-refractivity contribution in [2.75, 3.05) is 0 Å². The molecule has 3 aromatic rings. The van der Waals surface area contributed by atoms with Gasteiger partial charge in [0, 0.05) is 23.0 Å². The summed E-state index contributed by atoms with van der Waals surface area (Å²) < 4.78 is 1.62. The summed E-state index contributed by atoms with van der Waals surface area (Å²) in [4.78, 5) is 11.2. The van der Waals surface area contributed by atoms with Crippen molar-refractivity contribution in [3.05, 3.63) is 52.7 Å². The molecule has 1 heterocycles. The summed E-state index contributed by atoms with van der Waals surface area (Å²) in [6.07, 6.45) is 0.841. The summed E-state index contributed by atoms with van der Waals surface area (Å²) in [6.45, 7) is 2.02. The number of aromatic nitrogens is 2. The molecule has 4 heteroatoms. The lowest BCUT2D eigenvalue weighted by Gasteiger charge is -2.07. The van der Waals surface area contributed by atoms with Crippen LogP contribution in [0.2, 0.25) is 5.02 Å². The molecule has 3 rings (SSSR count). The van der Waals surface area contributed by atoms with Crippen LogP contribution in [0.1, 0.15) is 16.1 Å². The zero-order valence-electron chi connectivity index (χ0n) is 11.2. The maximum absolute atomic E-state index is 11.2. The SMILES string of the molecule is Cc1cc(Cl)ccc1-c1cccc2c(C=O)n(C)nc12. The van der Waals surface area contributed by atoms with Crippen molar-refractivity contribution >= 4 is 28.8 Å². The van der Waals surface area contributed by atoms with E-state index in [9.17, 15) is 4.79 Å². The van der Waals surface area contributed by atoms with Crippen LogP contribution >= 0.6 is 11.6 Å². The predicted octanol–water partition coefficient (Wildman–Crippen LogP) is 4.01. The molecular weight excluding hydrogens is 272 g/mol. The number of fused-ring (bicyclic) bond motifs is 1. The van der Waals surface area contributed by atoms with Gasteiger partial charge in [-0.05, 0) is 30.2 Å². The quantitative estimate of drug-likeness (QED) is 0.666. The number of rotatable bonds is 2. The fourth-order valence-electron chi connectivity index (χ4n) is 2.52. The van der Waals surface area contributed by atoms with E-state index in [2.05, 4.69) is 5.10 Å². The molecule has 0 saturated carbocycles. The molecule has 0 radical (unpaired) electrons. The molecule has 3 nitrogen and oxygen atoms in total. The van der Waals surface area contributed by atoms with Gasteiger partial charge >= 0.3 is 0 Å². The van der Waals surface area contributed by atoms with Crippen LogP contribution in [0, 0.1) is 6.92 Å². The molecule has 0 unspecified atom stereocenters. The molecule has 0 spiro atoms. The van der Waals surface area contributed by atoms with Gasteiger partial charge in [-0.25, -0.2) is 0 Å². The molecule has 100 valence electrons. The second-order valence-electron chi connectivity index (χ2n) is 4.79. The monoisotopic (exact) mass is 284 g/mol. The van der Waals surface area contributed by atoms with E-state index < -0.39 is 0 Å². The van der Waals surface area contributed by atoms with Crippen LogP contribution in [-0.2, 0) is 7.05 Å². The summed E-state index contributed by atoms with van der Waals surface area (Å²) in [5, 5.41) is 6.06. The highest BCUT2D eigenvalue weighted by molar-refractivity contribution is 6.30. The van der Waals surface area contributed by atoms with Crippen LogP contribution in [0.3, 0.4) is 0 Å². The molecule has 0 atom stereocenters. The number of halogens is 1. The van der Waals surface area contributed by atoms with Crippen molar-refractivity contribution in [3.63, 3.8) is 0 Å². The molecule has 2 aromatic carbocycles. The van der Waals surface area contributed by atoms with Crippen molar-refractivity contribution in [3.8, 4) is 11.1 Å². The van der Waals surface area contributed by atoms with Crippen molar-refractivity contribution in [1.82, 2.24) is 9.78 Å². The van der Waals surface area contributed by atoms with Gasteiger partial charge in [0.15, 0.2) is 6.29 Å². The first-order chi connectivity index (χ1) is 9.61. The maximum atomic E-state index is 11.2. The number of benzene rings is 2. The normalized spacial score (nSPS) is 10.9. The maximum Gasteiger partial charge on any atom is 0.168 e. The Morgan fingerprint density at radius 3 is 2.70 bits per heavy atom. The Bertz CT molecular complexity index is 821. The molecule has 0 bridgehead atoms. The van der Waals surface area contributed by atoms with E-state index in [1.54, 1.807) is 11.7 Å². The lowest BCUT2D eigenvalue weighted by Crippen LogP contribution is -1.95. The number of carbonyl (C=O) groups is 1. The Morgan fingerprint density at radius 1 is 1.20 bits per heavy atom. The summed E-state index contributed by atoms with van der Waals surface area (Å²) >= 11 is 6.01. The summed E-state index contributed by atoms with van der Waals surface area (Å²) in [7, 11) is 1.78. The van der Waals surface area contributed by atoms with E-state index in [4.69, 9.17) is 11.6 Å². The first-order valence-corrected chi connectivity index (χ1v) is 6.67. The first-order valence-electron chi connectivity index (χ1n) is 6.29. The van der Waals surface area contributed by atoms with Gasteiger partial charge in [0.05, 0.1) is 0 Å². The largest absolute Gasteiger partial charge is 0.296 e. The van der Waals surface area contributed by atoms with Gasteiger partial charge in [-0.2, -0.15) is 5.10 Å². The number of hydrogen-bond donors (Lipinski definition) is 0. The van der Waals surface area contributed by atoms with Gasteiger partial charge in [-0.1, -0.05) is 35.9 Å². The van der Waals surface area contributed by atoms with E-state index in [1.807, 2.05) is 43.3 Å². The molecule has 0 amide bonds.